The number of aliphatic carboxylic acids is 3. The predicted octanol–water partition coefficient (Wildman–Crippen LogP) is 6.32. The maximum atomic E-state index is 13.2. The van der Waals surface area contributed by atoms with Gasteiger partial charge in [-0.3, -0.25) is 9.88 Å². The molecule has 2 fully saturated rings. The summed E-state index contributed by atoms with van der Waals surface area (Å²) in [5.41, 5.74) is 4.58. The average Bonchev–Trinajstić information content (AvgIpc) is 3.57. The third kappa shape index (κ3) is 13.9. The van der Waals surface area contributed by atoms with Gasteiger partial charge >= 0.3 is 42.5 Å². The number of carboxylic acids is 3. The van der Waals surface area contributed by atoms with Crippen molar-refractivity contribution in [3.05, 3.63) is 59.0 Å². The molecule has 3 aromatic rings. The highest BCUT2D eigenvalue weighted by Gasteiger charge is 2.39. The highest BCUT2D eigenvalue weighted by molar-refractivity contribution is 6.32. The van der Waals surface area contributed by atoms with Crippen molar-refractivity contribution < 1.29 is 74.0 Å². The molecular weight excluding hydrogens is 803 g/mol. The molecule has 306 valence electrons. The summed E-state index contributed by atoms with van der Waals surface area (Å²) in [4.78, 5) is 57.5. The third-order valence-electron chi connectivity index (χ3n) is 7.69. The van der Waals surface area contributed by atoms with Gasteiger partial charge in [-0.05, 0) is 67.6 Å². The summed E-state index contributed by atoms with van der Waals surface area (Å²) in [7, 11) is 0. The summed E-state index contributed by atoms with van der Waals surface area (Å²) in [6, 6.07) is 8.42. The quantitative estimate of drug-likeness (QED) is 0.149. The molecule has 6 bridgehead atoms. The molecule has 2 aromatic heterocycles. The number of rotatable bonds is 1. The first-order chi connectivity index (χ1) is 25.9. The van der Waals surface area contributed by atoms with E-state index in [1.165, 1.54) is 12.8 Å². The highest BCUT2D eigenvalue weighted by Crippen LogP contribution is 2.30. The normalized spacial score (nSPS) is 16.3. The molecule has 56 heavy (non-hydrogen) atoms. The van der Waals surface area contributed by atoms with E-state index in [-0.39, 0.29) is 6.03 Å². The SMILES string of the molecule is O=C(Nc1ccc2cc1CCc1cncc(c1)Nc1ncc(Cl)c(n1)N2)N1CCN2CCCC2C1.O=C(O)C(F)(F)F.O=C(O)C(F)(F)F.O=C(O)C(F)(F)F. The zero-order chi connectivity index (χ0) is 42.0. The molecule has 0 saturated carbocycles. The highest BCUT2D eigenvalue weighted by atomic mass is 35.5. The molecule has 25 heteroatoms. The van der Waals surface area contributed by atoms with Crippen LogP contribution in [0, 0.1) is 0 Å². The summed E-state index contributed by atoms with van der Waals surface area (Å²) in [6.07, 6.45) is -6.18. The van der Waals surface area contributed by atoms with Crippen LogP contribution in [0.3, 0.4) is 0 Å². The Balaban J connectivity index is 0.000000329. The number of pyridine rings is 1. The van der Waals surface area contributed by atoms with Crippen molar-refractivity contribution in [1.29, 1.82) is 0 Å². The number of carboxylic acid groups (broad SMARTS) is 3. The number of aryl methyl sites for hydroxylation is 2. The second kappa shape index (κ2) is 18.8. The number of hydrogen-bond donors (Lipinski definition) is 6. The number of aromatic nitrogens is 3. The van der Waals surface area contributed by atoms with E-state index in [0.29, 0.717) is 22.8 Å². The standard InChI is InChI=1S/C25H27ClN8O.3C2HF3O2/c26-21-14-28-24-30-19-10-16(12-27-13-19)3-4-17-11-18(29-23(21)32-24)5-6-22(17)31-25(35)34-9-8-33-7-1-2-20(33)15-34;3*3-2(4,5)1(6)7/h5-6,10-14,20H,1-4,7-9,15H2,(H,31,35)(H2,28,29,30,32);3*(H,6,7). The van der Waals surface area contributed by atoms with Crippen LogP contribution in [0.4, 0.5) is 73.1 Å². The van der Waals surface area contributed by atoms with E-state index in [9.17, 15) is 44.3 Å². The molecule has 0 radical (unpaired) electrons. The number of fused-ring (bicyclic) bond motifs is 7. The minimum Gasteiger partial charge on any atom is -0.475 e. The van der Waals surface area contributed by atoms with Gasteiger partial charge in [0.2, 0.25) is 5.95 Å². The van der Waals surface area contributed by atoms with Crippen molar-refractivity contribution in [2.24, 2.45) is 0 Å². The van der Waals surface area contributed by atoms with Gasteiger partial charge in [-0.1, -0.05) is 11.6 Å². The van der Waals surface area contributed by atoms with Gasteiger partial charge in [0.05, 0.1) is 18.1 Å². The van der Waals surface area contributed by atoms with E-state index in [1.54, 1.807) is 12.4 Å². The number of halogens is 10. The molecule has 6 rings (SSSR count). The fourth-order valence-electron chi connectivity index (χ4n) is 5.12. The van der Waals surface area contributed by atoms with Crippen molar-refractivity contribution in [1.82, 2.24) is 24.8 Å². The molecule has 0 spiro atoms. The number of amides is 2. The Labute approximate surface area is 314 Å². The molecule has 2 saturated heterocycles. The van der Waals surface area contributed by atoms with Gasteiger partial charge in [-0.2, -0.15) is 44.5 Å². The van der Waals surface area contributed by atoms with Crippen LogP contribution in [0.25, 0.3) is 0 Å². The van der Waals surface area contributed by atoms with E-state index in [1.807, 2.05) is 35.4 Å². The molecule has 1 atom stereocenters. The lowest BCUT2D eigenvalue weighted by Crippen LogP contribution is -2.53. The Hall–Kier alpha value is -5.65. The van der Waals surface area contributed by atoms with Crippen LogP contribution in [-0.2, 0) is 27.2 Å². The fourth-order valence-corrected chi connectivity index (χ4v) is 5.26. The van der Waals surface area contributed by atoms with Crippen molar-refractivity contribution in [2.45, 2.75) is 50.3 Å². The maximum Gasteiger partial charge on any atom is 0.490 e. The summed E-state index contributed by atoms with van der Waals surface area (Å²) >= 11 is 6.36. The largest absolute Gasteiger partial charge is 0.490 e. The molecule has 5 heterocycles. The topological polar surface area (TPSA) is 210 Å². The second-order valence-electron chi connectivity index (χ2n) is 11.7. The van der Waals surface area contributed by atoms with Crippen molar-refractivity contribution >= 4 is 64.4 Å². The summed E-state index contributed by atoms with van der Waals surface area (Å²) in [6.45, 7) is 3.66. The minimum absolute atomic E-state index is 0.0345. The molecule has 1 unspecified atom stereocenters. The Morgan fingerprint density at radius 2 is 1.39 bits per heavy atom. The van der Waals surface area contributed by atoms with Gasteiger partial charge in [-0.25, -0.2) is 24.2 Å². The number of nitrogens with zero attached hydrogens (tertiary/aromatic N) is 5. The van der Waals surface area contributed by atoms with Gasteiger partial charge in [-0.15, -0.1) is 0 Å². The fraction of sp³-hybridized carbons (Fsp3) is 0.387. The van der Waals surface area contributed by atoms with Gasteiger partial charge in [0.25, 0.3) is 0 Å². The zero-order valence-corrected chi connectivity index (χ0v) is 29.0. The Bertz CT molecular complexity index is 1830. The molecule has 0 aliphatic carbocycles. The molecule has 15 nitrogen and oxygen atoms in total. The minimum atomic E-state index is -5.08. The lowest BCUT2D eigenvalue weighted by Gasteiger charge is -2.37. The van der Waals surface area contributed by atoms with E-state index in [4.69, 9.17) is 41.3 Å². The van der Waals surface area contributed by atoms with Gasteiger partial charge in [0, 0.05) is 43.2 Å². The number of alkyl halides is 9. The van der Waals surface area contributed by atoms with E-state index >= 15 is 0 Å². The van der Waals surface area contributed by atoms with Crippen LogP contribution in [-0.4, -0.2) is 115 Å². The van der Waals surface area contributed by atoms with Gasteiger partial charge in [0.15, 0.2) is 5.82 Å². The second-order valence-corrected chi connectivity index (χ2v) is 12.1. The first kappa shape index (κ1) is 44.7. The average molecular weight is 833 g/mol. The van der Waals surface area contributed by atoms with E-state index < -0.39 is 36.4 Å². The Morgan fingerprint density at radius 3 is 1.98 bits per heavy atom. The number of nitrogens with one attached hydrogen (secondary N) is 3. The lowest BCUT2D eigenvalue weighted by molar-refractivity contribution is -0.193. The number of piperazine rings is 1. The smallest absolute Gasteiger partial charge is 0.475 e. The van der Waals surface area contributed by atoms with Crippen LogP contribution >= 0.6 is 11.6 Å². The molecule has 3 aliphatic rings. The van der Waals surface area contributed by atoms with Crippen LogP contribution in [0.5, 0.6) is 0 Å². The van der Waals surface area contributed by atoms with Crippen LogP contribution in [0.2, 0.25) is 5.02 Å². The monoisotopic (exact) mass is 832 g/mol. The lowest BCUT2D eigenvalue weighted by atomic mass is 10.0. The first-order valence-electron chi connectivity index (χ1n) is 15.8. The van der Waals surface area contributed by atoms with E-state index in [0.717, 1.165) is 67.2 Å². The zero-order valence-electron chi connectivity index (χ0n) is 28.3. The number of carbonyl (C=O) groups excluding carboxylic acids is 1. The summed E-state index contributed by atoms with van der Waals surface area (Å²) < 4.78 is 95.2. The number of anilines is 5. The van der Waals surface area contributed by atoms with Crippen LogP contribution < -0.4 is 16.0 Å². The number of carbonyl (C=O) groups is 4. The maximum absolute atomic E-state index is 13.2. The van der Waals surface area contributed by atoms with Crippen molar-refractivity contribution in [2.75, 3.05) is 42.1 Å². The predicted molar refractivity (Wildman–Crippen MR) is 178 cm³/mol. The van der Waals surface area contributed by atoms with Crippen molar-refractivity contribution in [3.8, 4) is 0 Å². The number of urea groups is 1. The summed E-state index contributed by atoms with van der Waals surface area (Å²) in [5, 5.41) is 31.5. The number of hydrogen-bond acceptors (Lipinski definition) is 10. The molecular formula is C31H30ClF9N8O7. The van der Waals surface area contributed by atoms with E-state index in [2.05, 4.69) is 35.8 Å². The van der Waals surface area contributed by atoms with Crippen molar-refractivity contribution in [3.63, 3.8) is 0 Å². The first-order valence-corrected chi connectivity index (χ1v) is 16.2. The summed E-state index contributed by atoms with van der Waals surface area (Å²) in [5.74, 6) is -7.33. The van der Waals surface area contributed by atoms with Gasteiger partial charge in [0.1, 0.15) is 5.02 Å². The number of benzene rings is 1. The van der Waals surface area contributed by atoms with Crippen LogP contribution in [0.15, 0.2) is 42.9 Å². The van der Waals surface area contributed by atoms with Crippen LogP contribution in [0.1, 0.15) is 24.0 Å². The van der Waals surface area contributed by atoms with Gasteiger partial charge < -0.3 is 36.2 Å². The Kier molecular flexibility index (Phi) is 15.0. The Morgan fingerprint density at radius 1 is 0.786 bits per heavy atom. The molecule has 6 N–H and O–H groups in total. The molecule has 2 amide bonds. The third-order valence-corrected chi connectivity index (χ3v) is 7.97. The molecule has 1 aromatic carbocycles. The molecule has 3 aliphatic heterocycles.